The number of ether oxygens (including phenoxy) is 2. The van der Waals surface area contributed by atoms with Crippen LogP contribution in [0.15, 0.2) is 24.3 Å². The van der Waals surface area contributed by atoms with Crippen molar-refractivity contribution in [2.24, 2.45) is 11.7 Å². The van der Waals surface area contributed by atoms with E-state index in [1.54, 1.807) is 0 Å². The molecule has 5 N–H and O–H groups in total. The Balaban J connectivity index is 1.41. The number of nitrogens with two attached hydrogens (primary N) is 1. The van der Waals surface area contributed by atoms with E-state index in [4.69, 9.17) is 15.2 Å². The van der Waals surface area contributed by atoms with Crippen molar-refractivity contribution in [3.63, 3.8) is 0 Å². The predicted molar refractivity (Wildman–Crippen MR) is 105 cm³/mol. The van der Waals surface area contributed by atoms with Gasteiger partial charge in [0.05, 0.1) is 30.4 Å². The number of urea groups is 1. The number of benzene rings is 1. The summed E-state index contributed by atoms with van der Waals surface area (Å²) in [6.45, 7) is 1.17. The summed E-state index contributed by atoms with van der Waals surface area (Å²) in [5.41, 5.74) is 4.46. The minimum absolute atomic E-state index is 0.0332. The summed E-state index contributed by atoms with van der Waals surface area (Å²) in [5, 5.41) is 16.0. The number of aliphatic hydroxyl groups is 1. The number of fused-ring (bicyclic) bond motifs is 2. The van der Waals surface area contributed by atoms with Gasteiger partial charge in [-0.3, -0.25) is 9.69 Å². The summed E-state index contributed by atoms with van der Waals surface area (Å²) in [6, 6.07) is 2.09. The number of piperidine rings is 1. The summed E-state index contributed by atoms with van der Waals surface area (Å²) in [5.74, 6) is -0.578. The van der Waals surface area contributed by atoms with E-state index in [2.05, 4.69) is 10.6 Å². The van der Waals surface area contributed by atoms with Gasteiger partial charge >= 0.3 is 12.2 Å². The highest BCUT2D eigenvalue weighted by atomic mass is 19.4. The van der Waals surface area contributed by atoms with Gasteiger partial charge < -0.3 is 30.9 Å². The molecule has 3 aliphatic rings. The zero-order chi connectivity index (χ0) is 23.0. The van der Waals surface area contributed by atoms with Gasteiger partial charge in [0.1, 0.15) is 6.10 Å². The van der Waals surface area contributed by atoms with Gasteiger partial charge in [-0.2, -0.15) is 13.2 Å². The maximum atomic E-state index is 12.9. The number of halogens is 3. The molecular formula is C20H25F3N4O5. The Bertz CT molecular complexity index is 862. The molecule has 12 heteroatoms. The van der Waals surface area contributed by atoms with Crippen LogP contribution in [0.3, 0.4) is 0 Å². The Morgan fingerprint density at radius 1 is 1.22 bits per heavy atom. The molecule has 3 amide bonds. The van der Waals surface area contributed by atoms with Crippen molar-refractivity contribution in [3.05, 3.63) is 29.8 Å². The number of hydrogen-bond donors (Lipinski definition) is 4. The lowest BCUT2D eigenvalue weighted by Crippen LogP contribution is -2.66. The zero-order valence-electron chi connectivity index (χ0n) is 17.0. The molecule has 0 radical (unpaired) electrons. The first-order valence-electron chi connectivity index (χ1n) is 10.4. The van der Waals surface area contributed by atoms with Crippen molar-refractivity contribution in [1.82, 2.24) is 10.2 Å². The van der Waals surface area contributed by atoms with Gasteiger partial charge in [0, 0.05) is 11.6 Å². The monoisotopic (exact) mass is 458 g/mol. The van der Waals surface area contributed by atoms with E-state index in [0.29, 0.717) is 25.9 Å². The second-order valence-electron chi connectivity index (χ2n) is 8.27. The topological polar surface area (TPSA) is 126 Å². The molecule has 3 heterocycles. The number of carbonyl (C=O) groups excluding carboxylic acids is 2. The molecule has 0 saturated carbocycles. The van der Waals surface area contributed by atoms with E-state index in [9.17, 15) is 27.9 Å². The summed E-state index contributed by atoms with van der Waals surface area (Å²) in [6.07, 6.45) is -5.76. The Morgan fingerprint density at radius 2 is 1.94 bits per heavy atom. The molecule has 32 heavy (non-hydrogen) atoms. The van der Waals surface area contributed by atoms with Crippen molar-refractivity contribution >= 4 is 17.6 Å². The highest BCUT2D eigenvalue weighted by Gasteiger charge is 2.53. The van der Waals surface area contributed by atoms with E-state index in [1.165, 1.54) is 12.1 Å². The molecule has 5 atom stereocenters. The van der Waals surface area contributed by atoms with Crippen LogP contribution in [0.25, 0.3) is 0 Å². The molecule has 1 aromatic carbocycles. The lowest BCUT2D eigenvalue weighted by molar-refractivity contribution is -0.184. The van der Waals surface area contributed by atoms with Crippen molar-refractivity contribution in [1.29, 1.82) is 0 Å². The van der Waals surface area contributed by atoms with Gasteiger partial charge in [0.15, 0.2) is 6.29 Å². The average molecular weight is 458 g/mol. The van der Waals surface area contributed by atoms with Crippen LogP contribution in [0, 0.1) is 5.92 Å². The number of nitrogens with one attached hydrogen (secondary N) is 2. The van der Waals surface area contributed by atoms with E-state index in [0.717, 1.165) is 12.1 Å². The van der Waals surface area contributed by atoms with Crippen molar-refractivity contribution in [2.75, 3.05) is 25.0 Å². The molecule has 0 aromatic heterocycles. The van der Waals surface area contributed by atoms with Crippen LogP contribution in [-0.2, 0) is 20.4 Å². The Labute approximate surface area is 182 Å². The third-order valence-corrected chi connectivity index (χ3v) is 6.23. The van der Waals surface area contributed by atoms with Crippen LogP contribution in [0.5, 0.6) is 0 Å². The lowest BCUT2D eigenvalue weighted by Gasteiger charge is -2.45. The van der Waals surface area contributed by atoms with Gasteiger partial charge in [-0.05, 0) is 44.1 Å². The first-order chi connectivity index (χ1) is 15.1. The first kappa shape index (κ1) is 22.8. The van der Waals surface area contributed by atoms with Gasteiger partial charge in [0.2, 0.25) is 5.91 Å². The molecule has 3 saturated heterocycles. The number of amides is 3. The quantitative estimate of drug-likeness (QED) is 0.531. The molecule has 0 spiro atoms. The molecule has 2 bridgehead atoms. The molecule has 0 aliphatic carbocycles. The molecule has 3 aliphatic heterocycles. The van der Waals surface area contributed by atoms with Crippen molar-refractivity contribution < 1.29 is 37.3 Å². The fourth-order valence-electron chi connectivity index (χ4n) is 4.54. The standard InChI is InChI=1S/C20H25F3N4O5/c21-20(22,23)11-2-1-3-12(8-11)25-19(30)26-14-13-9-31-18(32-13)15(16(14)28)27-6-4-10(5-7-27)17(24)29/h1-3,8,10,13-16,18,28H,4-7,9H2,(H2,24,29)(H2,25,26,30)/t13-,14-,15+,16-,18+/m0/s1. The SMILES string of the molecule is NC(=O)C1CCN([C@H]2[C@@H]3OC[C@H](O3)[C@H](NC(=O)Nc3cccc(C(F)(F)F)c3)[C@@H]2O)CC1. The van der Waals surface area contributed by atoms with Crippen LogP contribution in [0.1, 0.15) is 18.4 Å². The minimum Gasteiger partial charge on any atom is -0.389 e. The Morgan fingerprint density at radius 3 is 2.59 bits per heavy atom. The zero-order valence-corrected chi connectivity index (χ0v) is 17.0. The second kappa shape index (κ2) is 8.85. The van der Waals surface area contributed by atoms with Gasteiger partial charge in [-0.15, -0.1) is 0 Å². The summed E-state index contributed by atoms with van der Waals surface area (Å²) in [4.78, 5) is 25.9. The Hall–Kier alpha value is -2.41. The number of carbonyl (C=O) groups is 2. The number of alkyl halides is 3. The number of nitrogens with zero attached hydrogens (tertiary/aromatic N) is 1. The number of rotatable bonds is 4. The fraction of sp³-hybridized carbons (Fsp3) is 0.600. The third kappa shape index (κ3) is 4.68. The van der Waals surface area contributed by atoms with Crippen molar-refractivity contribution in [2.45, 2.75) is 49.6 Å². The lowest BCUT2D eigenvalue weighted by atomic mass is 9.90. The number of anilines is 1. The average Bonchev–Trinajstić information content (AvgIpc) is 3.16. The predicted octanol–water partition coefficient (Wildman–Crippen LogP) is 0.877. The summed E-state index contributed by atoms with van der Waals surface area (Å²) < 4.78 is 50.2. The van der Waals surface area contributed by atoms with Crippen molar-refractivity contribution in [3.8, 4) is 0 Å². The molecular weight excluding hydrogens is 433 g/mol. The van der Waals surface area contributed by atoms with Gasteiger partial charge in [-0.25, -0.2) is 4.79 Å². The number of likely N-dealkylation sites (tertiary alicyclic amines) is 1. The maximum absolute atomic E-state index is 12.9. The largest absolute Gasteiger partial charge is 0.416 e. The number of hydrogen-bond acceptors (Lipinski definition) is 6. The van der Waals surface area contributed by atoms with Crippen LogP contribution < -0.4 is 16.4 Å². The molecule has 4 rings (SSSR count). The van der Waals surface area contributed by atoms with E-state index in [1.807, 2.05) is 4.90 Å². The normalized spacial score (nSPS) is 31.3. The Kier molecular flexibility index (Phi) is 6.30. The van der Waals surface area contributed by atoms with Crippen LogP contribution >= 0.6 is 0 Å². The fourth-order valence-corrected chi connectivity index (χ4v) is 4.54. The summed E-state index contributed by atoms with van der Waals surface area (Å²) >= 11 is 0. The van der Waals surface area contributed by atoms with E-state index in [-0.39, 0.29) is 24.1 Å². The highest BCUT2D eigenvalue weighted by Crippen LogP contribution is 2.34. The van der Waals surface area contributed by atoms with Gasteiger partial charge in [-0.1, -0.05) is 6.07 Å². The van der Waals surface area contributed by atoms with Crippen LogP contribution in [0.2, 0.25) is 0 Å². The van der Waals surface area contributed by atoms with Crippen LogP contribution in [0.4, 0.5) is 23.7 Å². The van der Waals surface area contributed by atoms with Crippen LogP contribution in [-0.4, -0.2) is 72.2 Å². The first-order valence-corrected chi connectivity index (χ1v) is 10.4. The molecule has 0 unspecified atom stereocenters. The summed E-state index contributed by atoms with van der Waals surface area (Å²) in [7, 11) is 0. The molecule has 9 nitrogen and oxygen atoms in total. The second-order valence-corrected chi connectivity index (χ2v) is 8.27. The number of aliphatic hydroxyl groups excluding tert-OH is 1. The minimum atomic E-state index is -4.53. The smallest absolute Gasteiger partial charge is 0.389 e. The molecule has 1 aromatic rings. The van der Waals surface area contributed by atoms with E-state index >= 15 is 0 Å². The van der Waals surface area contributed by atoms with E-state index < -0.39 is 48.4 Å². The molecule has 176 valence electrons. The number of primary amides is 1. The van der Waals surface area contributed by atoms with Gasteiger partial charge in [0.25, 0.3) is 0 Å². The molecule has 3 fully saturated rings. The highest BCUT2D eigenvalue weighted by molar-refractivity contribution is 5.89. The third-order valence-electron chi connectivity index (χ3n) is 6.23. The maximum Gasteiger partial charge on any atom is 0.416 e.